The molecule has 128 valence electrons. The van der Waals surface area contributed by atoms with E-state index in [4.69, 9.17) is 14.6 Å². The van der Waals surface area contributed by atoms with Crippen LogP contribution in [0.2, 0.25) is 0 Å². The molecule has 1 N–H and O–H groups in total. The lowest BCUT2D eigenvalue weighted by atomic mass is 10.1. The third-order valence-electron chi connectivity index (χ3n) is 4.19. The fourth-order valence-electron chi connectivity index (χ4n) is 3.01. The Balaban J connectivity index is 2.12. The number of aliphatic hydroxyl groups is 1. The third-order valence-corrected chi connectivity index (χ3v) is 4.19. The van der Waals surface area contributed by atoms with Crippen molar-refractivity contribution >= 4 is 27.5 Å². The molecule has 0 unspecified atom stereocenters. The van der Waals surface area contributed by atoms with E-state index in [1.807, 2.05) is 0 Å². The van der Waals surface area contributed by atoms with Gasteiger partial charge in [-0.1, -0.05) is 0 Å². The van der Waals surface area contributed by atoms with Crippen molar-refractivity contribution in [3.63, 3.8) is 0 Å². The summed E-state index contributed by atoms with van der Waals surface area (Å²) >= 11 is 0. The second-order valence-electron chi connectivity index (χ2n) is 5.53. The van der Waals surface area contributed by atoms with Crippen molar-refractivity contribution in [2.75, 3.05) is 20.8 Å². The SMILES string of the molecule is COc1cc2ncc3c(=O)n4c(ccn4CCO)nc3c2cc1OC. The Bertz CT molecular complexity index is 1160. The van der Waals surface area contributed by atoms with Crippen LogP contribution in [0.1, 0.15) is 0 Å². The van der Waals surface area contributed by atoms with E-state index in [0.29, 0.717) is 45.5 Å². The maximum absolute atomic E-state index is 12.9. The quantitative estimate of drug-likeness (QED) is 0.562. The number of aliphatic hydroxyl groups excluding tert-OH is 1. The summed E-state index contributed by atoms with van der Waals surface area (Å²) in [5, 5.41) is 10.3. The first-order valence-corrected chi connectivity index (χ1v) is 7.71. The Morgan fingerprint density at radius 2 is 1.92 bits per heavy atom. The van der Waals surface area contributed by atoms with Crippen LogP contribution in [0, 0.1) is 0 Å². The van der Waals surface area contributed by atoms with E-state index in [-0.39, 0.29) is 12.2 Å². The number of nitrogens with zero attached hydrogens (tertiary/aromatic N) is 4. The number of ether oxygens (including phenoxy) is 2. The van der Waals surface area contributed by atoms with Crippen LogP contribution in [0.15, 0.2) is 35.4 Å². The largest absolute Gasteiger partial charge is 0.493 e. The highest BCUT2D eigenvalue weighted by Crippen LogP contribution is 2.33. The standard InChI is InChI=1S/C17H16N4O4/c1-24-13-7-10-12(8-14(13)25-2)18-9-11-16(10)19-15-3-4-20(5-6-22)21(15)17(11)23/h3-4,7-9,22H,5-6H2,1-2H3. The molecule has 0 fully saturated rings. The molecule has 0 radical (unpaired) electrons. The molecule has 3 aromatic heterocycles. The predicted molar refractivity (Wildman–Crippen MR) is 92.4 cm³/mol. The second-order valence-corrected chi connectivity index (χ2v) is 5.53. The Kier molecular flexibility index (Phi) is 3.54. The molecule has 0 bridgehead atoms. The first-order valence-electron chi connectivity index (χ1n) is 7.71. The first-order chi connectivity index (χ1) is 12.2. The van der Waals surface area contributed by atoms with Gasteiger partial charge in [-0.15, -0.1) is 0 Å². The van der Waals surface area contributed by atoms with Gasteiger partial charge in [-0.3, -0.25) is 14.5 Å². The summed E-state index contributed by atoms with van der Waals surface area (Å²) < 4.78 is 13.7. The minimum Gasteiger partial charge on any atom is -0.493 e. The van der Waals surface area contributed by atoms with Crippen LogP contribution in [-0.2, 0) is 6.54 Å². The van der Waals surface area contributed by atoms with Gasteiger partial charge in [0, 0.05) is 29.9 Å². The Labute approximate surface area is 141 Å². The second kappa shape index (κ2) is 5.75. The summed E-state index contributed by atoms with van der Waals surface area (Å²) in [7, 11) is 3.11. The summed E-state index contributed by atoms with van der Waals surface area (Å²) in [5.41, 5.74) is 1.49. The summed E-state index contributed by atoms with van der Waals surface area (Å²) in [6, 6.07) is 5.27. The Morgan fingerprint density at radius 1 is 1.16 bits per heavy atom. The Morgan fingerprint density at radius 3 is 2.64 bits per heavy atom. The number of methoxy groups -OCH3 is 2. The molecule has 25 heavy (non-hydrogen) atoms. The van der Waals surface area contributed by atoms with Crippen LogP contribution < -0.4 is 15.0 Å². The molecule has 0 amide bonds. The lowest BCUT2D eigenvalue weighted by Crippen LogP contribution is -2.22. The molecule has 0 saturated carbocycles. The van der Waals surface area contributed by atoms with Gasteiger partial charge in [0.05, 0.1) is 43.8 Å². The van der Waals surface area contributed by atoms with Crippen LogP contribution in [0.25, 0.3) is 27.5 Å². The van der Waals surface area contributed by atoms with Crippen molar-refractivity contribution in [2.24, 2.45) is 0 Å². The molecule has 4 rings (SSSR count). The number of hydrogen-bond acceptors (Lipinski definition) is 6. The molecule has 0 aliphatic rings. The molecule has 0 aliphatic heterocycles. The van der Waals surface area contributed by atoms with Crippen LogP contribution in [0.4, 0.5) is 0 Å². The van der Waals surface area contributed by atoms with Gasteiger partial charge >= 0.3 is 0 Å². The molecule has 0 saturated heterocycles. The number of aromatic nitrogens is 4. The van der Waals surface area contributed by atoms with E-state index < -0.39 is 0 Å². The van der Waals surface area contributed by atoms with E-state index in [9.17, 15) is 4.79 Å². The fourth-order valence-corrected chi connectivity index (χ4v) is 3.01. The van der Waals surface area contributed by atoms with E-state index in [0.717, 1.165) is 0 Å². The van der Waals surface area contributed by atoms with Crippen LogP contribution in [0.3, 0.4) is 0 Å². The van der Waals surface area contributed by atoms with E-state index >= 15 is 0 Å². The maximum Gasteiger partial charge on any atom is 0.282 e. The number of rotatable bonds is 4. The van der Waals surface area contributed by atoms with Crippen LogP contribution in [-0.4, -0.2) is 45.1 Å². The molecule has 4 aromatic rings. The number of pyridine rings is 1. The molecular formula is C17H16N4O4. The summed E-state index contributed by atoms with van der Waals surface area (Å²) in [6.45, 7) is 0.240. The lowest BCUT2D eigenvalue weighted by Gasteiger charge is -2.10. The average Bonchev–Trinajstić information content (AvgIpc) is 3.04. The predicted octanol–water partition coefficient (Wildman–Crippen LogP) is 1.21. The number of hydrogen-bond donors (Lipinski definition) is 1. The summed E-state index contributed by atoms with van der Waals surface area (Å²) in [6.07, 6.45) is 3.24. The zero-order chi connectivity index (χ0) is 17.6. The summed E-state index contributed by atoms with van der Waals surface area (Å²) in [5.74, 6) is 1.11. The topological polar surface area (TPSA) is 90.9 Å². The lowest BCUT2D eigenvalue weighted by molar-refractivity contribution is 0.266. The Hall–Kier alpha value is -3.13. The zero-order valence-electron chi connectivity index (χ0n) is 13.8. The zero-order valence-corrected chi connectivity index (χ0v) is 13.8. The van der Waals surface area contributed by atoms with Crippen LogP contribution >= 0.6 is 0 Å². The average molecular weight is 340 g/mol. The monoisotopic (exact) mass is 340 g/mol. The molecule has 8 heteroatoms. The van der Waals surface area contributed by atoms with Gasteiger partial charge in [-0.25, -0.2) is 4.98 Å². The minimum atomic E-state index is -0.234. The van der Waals surface area contributed by atoms with Crippen molar-refractivity contribution in [1.82, 2.24) is 19.2 Å². The highest BCUT2D eigenvalue weighted by molar-refractivity contribution is 6.04. The number of fused-ring (bicyclic) bond motifs is 4. The van der Waals surface area contributed by atoms with Crippen molar-refractivity contribution < 1.29 is 14.6 Å². The normalized spacial score (nSPS) is 11.5. The van der Waals surface area contributed by atoms with Gasteiger partial charge in [0.1, 0.15) is 0 Å². The van der Waals surface area contributed by atoms with Crippen LogP contribution in [0.5, 0.6) is 11.5 Å². The van der Waals surface area contributed by atoms with Gasteiger partial charge < -0.3 is 14.6 Å². The molecule has 1 aromatic carbocycles. The van der Waals surface area contributed by atoms with E-state index in [1.165, 1.54) is 10.7 Å². The van der Waals surface area contributed by atoms with Crippen molar-refractivity contribution in [3.05, 3.63) is 40.9 Å². The highest BCUT2D eigenvalue weighted by Gasteiger charge is 2.15. The molecule has 8 nitrogen and oxygen atoms in total. The van der Waals surface area contributed by atoms with Gasteiger partial charge in [-0.05, 0) is 6.07 Å². The summed E-state index contributed by atoms with van der Waals surface area (Å²) in [4.78, 5) is 21.9. The van der Waals surface area contributed by atoms with Gasteiger partial charge in [0.2, 0.25) is 0 Å². The van der Waals surface area contributed by atoms with Gasteiger partial charge in [-0.2, -0.15) is 4.52 Å². The molecular weight excluding hydrogens is 324 g/mol. The smallest absolute Gasteiger partial charge is 0.282 e. The van der Waals surface area contributed by atoms with Crippen molar-refractivity contribution in [3.8, 4) is 11.5 Å². The number of benzene rings is 1. The first kappa shape index (κ1) is 15.4. The van der Waals surface area contributed by atoms with Gasteiger partial charge in [0.15, 0.2) is 17.1 Å². The van der Waals surface area contributed by atoms with E-state index in [2.05, 4.69) is 9.97 Å². The fraction of sp³-hybridized carbons (Fsp3) is 0.235. The molecule has 3 heterocycles. The molecule has 0 aliphatic carbocycles. The van der Waals surface area contributed by atoms with E-state index in [1.54, 1.807) is 43.3 Å². The minimum absolute atomic E-state index is 0.0682. The highest BCUT2D eigenvalue weighted by atomic mass is 16.5. The van der Waals surface area contributed by atoms with Gasteiger partial charge in [0.25, 0.3) is 5.56 Å². The van der Waals surface area contributed by atoms with Crippen molar-refractivity contribution in [1.29, 1.82) is 0 Å². The molecule has 0 atom stereocenters. The van der Waals surface area contributed by atoms with Crippen molar-refractivity contribution in [2.45, 2.75) is 6.54 Å². The maximum atomic E-state index is 12.9. The molecule has 0 spiro atoms. The third kappa shape index (κ3) is 2.22.